The molecule has 1 aliphatic rings. The summed E-state index contributed by atoms with van der Waals surface area (Å²) in [7, 11) is 0. The van der Waals surface area contributed by atoms with Crippen LogP contribution < -0.4 is 5.32 Å². The molecule has 1 N–H and O–H groups in total. The predicted molar refractivity (Wildman–Crippen MR) is 79.2 cm³/mol. The first-order valence-corrected chi connectivity index (χ1v) is 7.42. The lowest BCUT2D eigenvalue weighted by Gasteiger charge is -2.03. The second-order valence-corrected chi connectivity index (χ2v) is 5.46. The van der Waals surface area contributed by atoms with Gasteiger partial charge in [0.1, 0.15) is 0 Å². The molecule has 1 heterocycles. The Labute approximate surface area is 122 Å². The van der Waals surface area contributed by atoms with Crippen molar-refractivity contribution < 1.29 is 14.3 Å². The Morgan fingerprint density at radius 3 is 2.65 bits per heavy atom. The van der Waals surface area contributed by atoms with Crippen molar-refractivity contribution >= 4 is 22.9 Å². The number of hydrogen-bond acceptors (Lipinski definition) is 4. The van der Waals surface area contributed by atoms with Gasteiger partial charge in [-0.25, -0.2) is 0 Å². The molecule has 0 saturated carbocycles. The largest absolute Gasteiger partial charge is 0.377 e. The number of thioether (sulfide) groups is 1. The zero-order chi connectivity index (χ0) is 14.2. The van der Waals surface area contributed by atoms with E-state index >= 15 is 0 Å². The lowest BCUT2D eigenvalue weighted by Crippen LogP contribution is -2.17. The Morgan fingerprint density at radius 1 is 1.15 bits per heavy atom. The number of rotatable bonds is 7. The zero-order valence-electron chi connectivity index (χ0n) is 11.1. The van der Waals surface area contributed by atoms with Crippen LogP contribution in [0.1, 0.15) is 24.8 Å². The highest BCUT2D eigenvalue weighted by molar-refractivity contribution is 8.18. The summed E-state index contributed by atoms with van der Waals surface area (Å²) in [6, 6.07) is 10.1. The van der Waals surface area contributed by atoms with E-state index in [0.717, 1.165) is 31.0 Å². The fraction of sp³-hybridized carbons (Fsp3) is 0.333. The summed E-state index contributed by atoms with van der Waals surface area (Å²) in [5.41, 5.74) is 1.17. The summed E-state index contributed by atoms with van der Waals surface area (Å²) >= 11 is 0.970. The number of hydrogen-bond donors (Lipinski definition) is 1. The van der Waals surface area contributed by atoms with Crippen molar-refractivity contribution in [3.63, 3.8) is 0 Å². The molecule has 0 bridgehead atoms. The third-order valence-corrected chi connectivity index (χ3v) is 3.69. The van der Waals surface area contributed by atoms with Crippen LogP contribution in [0.4, 0.5) is 4.79 Å². The van der Waals surface area contributed by atoms with Crippen molar-refractivity contribution in [2.45, 2.75) is 25.9 Å². The molecule has 1 fully saturated rings. The summed E-state index contributed by atoms with van der Waals surface area (Å²) in [5.74, 6) is -0.277. The number of nitrogens with one attached hydrogen (secondary N) is 1. The number of allylic oxidation sites excluding steroid dienone is 1. The fourth-order valence-corrected chi connectivity index (χ4v) is 2.49. The highest BCUT2D eigenvalue weighted by atomic mass is 32.2. The first kappa shape index (κ1) is 14.8. The quantitative estimate of drug-likeness (QED) is 0.619. The molecule has 0 spiro atoms. The molecule has 106 valence electrons. The van der Waals surface area contributed by atoms with Crippen LogP contribution in [0.5, 0.6) is 0 Å². The average molecular weight is 291 g/mol. The van der Waals surface area contributed by atoms with Gasteiger partial charge in [0, 0.05) is 6.61 Å². The van der Waals surface area contributed by atoms with Gasteiger partial charge in [-0.1, -0.05) is 36.4 Å². The summed E-state index contributed by atoms with van der Waals surface area (Å²) in [6.45, 7) is 1.34. The molecule has 2 rings (SSSR count). The van der Waals surface area contributed by atoms with Crippen LogP contribution in [0.3, 0.4) is 0 Å². The van der Waals surface area contributed by atoms with Gasteiger partial charge < -0.3 is 4.74 Å². The lowest BCUT2D eigenvalue weighted by molar-refractivity contribution is -0.115. The summed E-state index contributed by atoms with van der Waals surface area (Å²) in [6.07, 6.45) is 4.50. The van der Waals surface area contributed by atoms with E-state index in [4.69, 9.17) is 4.74 Å². The van der Waals surface area contributed by atoms with E-state index in [-0.39, 0.29) is 11.1 Å². The number of benzene rings is 1. The van der Waals surface area contributed by atoms with E-state index in [1.165, 1.54) is 5.56 Å². The SMILES string of the molecule is O=C1NC(=O)C(=CCCCCOCc2ccccc2)S1. The molecule has 0 aromatic heterocycles. The monoisotopic (exact) mass is 291 g/mol. The molecule has 0 atom stereocenters. The van der Waals surface area contributed by atoms with Crippen LogP contribution in [0, 0.1) is 0 Å². The van der Waals surface area contributed by atoms with E-state index < -0.39 is 0 Å². The maximum atomic E-state index is 11.3. The van der Waals surface area contributed by atoms with Gasteiger partial charge in [0.25, 0.3) is 11.1 Å². The molecule has 4 nitrogen and oxygen atoms in total. The Hall–Kier alpha value is -1.59. The van der Waals surface area contributed by atoms with Gasteiger partial charge in [0.05, 0.1) is 11.5 Å². The molecular weight excluding hydrogens is 274 g/mol. The van der Waals surface area contributed by atoms with Crippen LogP contribution in [-0.4, -0.2) is 17.8 Å². The van der Waals surface area contributed by atoms with Gasteiger partial charge >= 0.3 is 0 Å². The first-order chi connectivity index (χ1) is 9.75. The minimum Gasteiger partial charge on any atom is -0.377 e. The van der Waals surface area contributed by atoms with Crippen molar-refractivity contribution in [3.05, 3.63) is 46.9 Å². The van der Waals surface area contributed by atoms with Crippen LogP contribution in [0.15, 0.2) is 41.3 Å². The van der Waals surface area contributed by atoms with Crippen molar-refractivity contribution in [2.24, 2.45) is 0 Å². The van der Waals surface area contributed by atoms with E-state index in [2.05, 4.69) is 5.32 Å². The van der Waals surface area contributed by atoms with E-state index in [1.807, 2.05) is 36.4 Å². The zero-order valence-corrected chi connectivity index (χ0v) is 11.9. The number of imide groups is 1. The van der Waals surface area contributed by atoms with Gasteiger partial charge in [-0.05, 0) is 36.6 Å². The van der Waals surface area contributed by atoms with Gasteiger partial charge in [0.2, 0.25) is 0 Å². The number of carbonyl (C=O) groups excluding carboxylic acids is 2. The van der Waals surface area contributed by atoms with Gasteiger partial charge in [-0.2, -0.15) is 0 Å². The Bertz CT molecular complexity index is 499. The summed E-state index contributed by atoms with van der Waals surface area (Å²) in [4.78, 5) is 22.7. The topological polar surface area (TPSA) is 55.4 Å². The molecule has 2 amide bonds. The van der Waals surface area contributed by atoms with Crippen molar-refractivity contribution in [2.75, 3.05) is 6.61 Å². The molecule has 20 heavy (non-hydrogen) atoms. The second-order valence-electron chi connectivity index (χ2n) is 4.45. The highest BCUT2D eigenvalue weighted by Crippen LogP contribution is 2.23. The van der Waals surface area contributed by atoms with Crippen LogP contribution in [0.25, 0.3) is 0 Å². The van der Waals surface area contributed by atoms with E-state index in [1.54, 1.807) is 0 Å². The van der Waals surface area contributed by atoms with Gasteiger partial charge in [-0.3, -0.25) is 14.9 Å². The second kappa shape index (κ2) is 7.87. The molecule has 0 unspecified atom stereocenters. The number of ether oxygens (including phenoxy) is 1. The Morgan fingerprint density at radius 2 is 1.95 bits per heavy atom. The summed E-state index contributed by atoms with van der Waals surface area (Å²) < 4.78 is 5.57. The normalized spacial score (nSPS) is 16.7. The molecule has 1 aliphatic heterocycles. The lowest BCUT2D eigenvalue weighted by atomic mass is 10.2. The Kier molecular flexibility index (Phi) is 5.83. The number of unbranched alkanes of at least 4 members (excludes halogenated alkanes) is 2. The van der Waals surface area contributed by atoms with Crippen LogP contribution in [-0.2, 0) is 16.1 Å². The number of carbonyl (C=O) groups is 2. The summed E-state index contributed by atoms with van der Waals surface area (Å²) in [5, 5.41) is 1.95. The maximum Gasteiger partial charge on any atom is 0.290 e. The minimum atomic E-state index is -0.285. The fourth-order valence-electron chi connectivity index (χ4n) is 1.81. The molecule has 0 aliphatic carbocycles. The van der Waals surface area contributed by atoms with Crippen molar-refractivity contribution in [1.29, 1.82) is 0 Å². The molecular formula is C15H17NO3S. The van der Waals surface area contributed by atoms with Crippen LogP contribution in [0.2, 0.25) is 0 Å². The molecule has 1 aromatic carbocycles. The molecule has 0 radical (unpaired) electrons. The smallest absolute Gasteiger partial charge is 0.290 e. The predicted octanol–water partition coefficient (Wildman–Crippen LogP) is 3.24. The molecule has 5 heteroatoms. The van der Waals surface area contributed by atoms with E-state index in [9.17, 15) is 9.59 Å². The average Bonchev–Trinajstić information content (AvgIpc) is 2.77. The van der Waals surface area contributed by atoms with Crippen LogP contribution >= 0.6 is 11.8 Å². The first-order valence-electron chi connectivity index (χ1n) is 6.61. The van der Waals surface area contributed by atoms with Gasteiger partial charge in [0.15, 0.2) is 0 Å². The third-order valence-electron chi connectivity index (χ3n) is 2.83. The minimum absolute atomic E-state index is 0.277. The van der Waals surface area contributed by atoms with E-state index in [0.29, 0.717) is 18.1 Å². The van der Waals surface area contributed by atoms with Crippen molar-refractivity contribution in [3.8, 4) is 0 Å². The van der Waals surface area contributed by atoms with Crippen molar-refractivity contribution in [1.82, 2.24) is 5.32 Å². The highest BCUT2D eigenvalue weighted by Gasteiger charge is 2.24. The third kappa shape index (κ3) is 4.83. The standard InChI is InChI=1S/C15H17NO3S/c17-14-13(20-15(18)16-14)9-5-2-6-10-19-11-12-7-3-1-4-8-12/h1,3-4,7-9H,2,5-6,10-11H2,(H,16,17,18). The number of amides is 2. The van der Waals surface area contributed by atoms with Gasteiger partial charge in [-0.15, -0.1) is 0 Å². The molecule has 1 aromatic rings. The molecule has 1 saturated heterocycles. The Balaban J connectivity index is 1.55. The maximum absolute atomic E-state index is 11.3.